The number of benzene rings is 2. The van der Waals surface area contributed by atoms with Crippen molar-refractivity contribution >= 4 is 17.7 Å². The highest BCUT2D eigenvalue weighted by Gasteiger charge is 2.22. The minimum absolute atomic E-state index is 0.335. The van der Waals surface area contributed by atoms with E-state index in [4.69, 9.17) is 0 Å². The fourth-order valence-corrected chi connectivity index (χ4v) is 2.06. The van der Waals surface area contributed by atoms with E-state index in [9.17, 15) is 19.5 Å². The molecule has 1 amide bonds. The van der Waals surface area contributed by atoms with E-state index in [-0.39, 0.29) is 6.54 Å². The average Bonchev–Trinajstić information content (AvgIpc) is 2.54. The first-order valence-electron chi connectivity index (χ1n) is 6.71. The molecule has 0 fully saturated rings. The van der Waals surface area contributed by atoms with Gasteiger partial charge >= 0.3 is 0 Å². The molecule has 0 radical (unpaired) electrons. The van der Waals surface area contributed by atoms with Crippen LogP contribution in [-0.2, 0) is 9.59 Å². The molecule has 0 spiro atoms. The number of hydrogen-bond acceptors (Lipinski definition) is 4. The van der Waals surface area contributed by atoms with Crippen LogP contribution in [0.3, 0.4) is 0 Å². The number of ketones is 1. The van der Waals surface area contributed by atoms with Gasteiger partial charge in [-0.3, -0.25) is 9.59 Å². The van der Waals surface area contributed by atoms with Crippen LogP contribution in [0.2, 0.25) is 0 Å². The lowest BCUT2D eigenvalue weighted by Crippen LogP contribution is -2.40. The van der Waals surface area contributed by atoms with E-state index in [0.717, 1.165) is 0 Å². The molecule has 22 heavy (non-hydrogen) atoms. The first-order chi connectivity index (χ1) is 10.6. The van der Waals surface area contributed by atoms with Crippen LogP contribution in [0.1, 0.15) is 21.8 Å². The Morgan fingerprint density at radius 1 is 0.909 bits per heavy atom. The second kappa shape index (κ2) is 7.17. The lowest BCUT2D eigenvalue weighted by molar-refractivity contribution is -0.306. The highest BCUT2D eigenvalue weighted by Crippen LogP contribution is 2.15. The summed E-state index contributed by atoms with van der Waals surface area (Å²) in [5, 5.41) is 13.6. The summed E-state index contributed by atoms with van der Waals surface area (Å²) in [5.41, 5.74) is 0.737. The molecule has 0 aliphatic rings. The SMILES string of the molecule is O=C(NCC(=O)C(C(=O)[O-])c1ccccc1)c1ccccc1. The molecular formula is C17H14NO4-. The van der Waals surface area contributed by atoms with Crippen LogP contribution in [0, 0.1) is 0 Å². The molecule has 2 aromatic carbocycles. The summed E-state index contributed by atoms with van der Waals surface area (Å²) in [6.07, 6.45) is 0. The Labute approximate surface area is 127 Å². The van der Waals surface area contributed by atoms with E-state index in [1.54, 1.807) is 48.5 Å². The molecule has 1 unspecified atom stereocenters. The minimum Gasteiger partial charge on any atom is -0.549 e. The molecule has 0 bridgehead atoms. The monoisotopic (exact) mass is 296 g/mol. The Morgan fingerprint density at radius 3 is 2.00 bits per heavy atom. The number of carboxylic acids is 1. The Balaban J connectivity index is 2.04. The number of rotatable bonds is 6. The Morgan fingerprint density at radius 2 is 1.45 bits per heavy atom. The highest BCUT2D eigenvalue weighted by atomic mass is 16.4. The first kappa shape index (κ1) is 15.4. The first-order valence-corrected chi connectivity index (χ1v) is 6.71. The number of amides is 1. The lowest BCUT2D eigenvalue weighted by Gasteiger charge is -2.17. The number of Topliss-reactive ketones (excluding diaryl/α,β-unsaturated/α-hetero) is 1. The Bertz CT molecular complexity index is 668. The van der Waals surface area contributed by atoms with Gasteiger partial charge in [0.1, 0.15) is 0 Å². The zero-order valence-corrected chi connectivity index (χ0v) is 11.7. The van der Waals surface area contributed by atoms with Gasteiger partial charge in [-0.2, -0.15) is 0 Å². The van der Waals surface area contributed by atoms with Gasteiger partial charge in [0.05, 0.1) is 18.4 Å². The van der Waals surface area contributed by atoms with Gasteiger partial charge in [-0.1, -0.05) is 48.5 Å². The summed E-state index contributed by atoms with van der Waals surface area (Å²) < 4.78 is 0. The molecule has 112 valence electrons. The molecule has 1 N–H and O–H groups in total. The third kappa shape index (κ3) is 3.79. The molecule has 0 aliphatic carbocycles. The fraction of sp³-hybridized carbons (Fsp3) is 0.118. The van der Waals surface area contributed by atoms with Crippen molar-refractivity contribution in [3.8, 4) is 0 Å². The van der Waals surface area contributed by atoms with E-state index in [2.05, 4.69) is 5.32 Å². The second-order valence-corrected chi connectivity index (χ2v) is 4.68. The van der Waals surface area contributed by atoms with Crippen LogP contribution in [0.25, 0.3) is 0 Å². The molecule has 2 rings (SSSR count). The maximum absolute atomic E-state index is 12.1. The summed E-state index contributed by atoms with van der Waals surface area (Å²) in [6, 6.07) is 16.5. The van der Waals surface area contributed by atoms with Crippen molar-refractivity contribution < 1.29 is 19.5 Å². The predicted molar refractivity (Wildman–Crippen MR) is 78.0 cm³/mol. The molecule has 0 aromatic heterocycles. The maximum atomic E-state index is 12.1. The number of carbonyl (C=O) groups excluding carboxylic acids is 3. The summed E-state index contributed by atoms with van der Waals surface area (Å²) in [4.78, 5) is 35.1. The summed E-state index contributed by atoms with van der Waals surface area (Å²) in [7, 11) is 0. The highest BCUT2D eigenvalue weighted by molar-refractivity contribution is 6.06. The van der Waals surface area contributed by atoms with Crippen LogP contribution in [0.5, 0.6) is 0 Å². The van der Waals surface area contributed by atoms with Crippen LogP contribution in [0.15, 0.2) is 60.7 Å². The van der Waals surface area contributed by atoms with Gasteiger partial charge in [0.15, 0.2) is 5.78 Å². The molecule has 2 aromatic rings. The van der Waals surface area contributed by atoms with Crippen molar-refractivity contribution in [3.05, 3.63) is 71.8 Å². The minimum atomic E-state index is -1.48. The molecule has 1 atom stereocenters. The van der Waals surface area contributed by atoms with Crippen LogP contribution in [0.4, 0.5) is 0 Å². The van der Waals surface area contributed by atoms with Crippen molar-refractivity contribution in [2.24, 2.45) is 0 Å². The number of aliphatic carboxylic acids is 1. The number of nitrogens with one attached hydrogen (secondary N) is 1. The van der Waals surface area contributed by atoms with Gasteiger partial charge in [-0.25, -0.2) is 0 Å². The largest absolute Gasteiger partial charge is 0.549 e. The predicted octanol–water partition coefficient (Wildman–Crippen LogP) is 0.519. The van der Waals surface area contributed by atoms with Crippen LogP contribution in [-0.4, -0.2) is 24.2 Å². The van der Waals surface area contributed by atoms with Crippen LogP contribution < -0.4 is 10.4 Å². The number of hydrogen-bond donors (Lipinski definition) is 1. The van der Waals surface area contributed by atoms with Crippen molar-refractivity contribution in [1.82, 2.24) is 5.32 Å². The Kier molecular flexibility index (Phi) is 5.03. The average molecular weight is 296 g/mol. The van der Waals surface area contributed by atoms with Crippen molar-refractivity contribution in [1.29, 1.82) is 0 Å². The van der Waals surface area contributed by atoms with Gasteiger partial charge in [0.25, 0.3) is 5.91 Å². The molecule has 0 saturated heterocycles. The summed E-state index contributed by atoms with van der Waals surface area (Å²) in [6.45, 7) is -0.374. The van der Waals surface area contributed by atoms with E-state index < -0.39 is 23.6 Å². The fourth-order valence-electron chi connectivity index (χ4n) is 2.06. The quantitative estimate of drug-likeness (QED) is 0.787. The standard InChI is InChI=1S/C17H15NO4/c19-14(11-18-16(20)13-9-5-2-6-10-13)15(17(21)22)12-7-3-1-4-8-12/h1-10,15H,11H2,(H,18,20)(H,21,22)/p-1. The van der Waals surface area contributed by atoms with Crippen LogP contribution >= 0.6 is 0 Å². The Hall–Kier alpha value is -2.95. The third-order valence-electron chi connectivity index (χ3n) is 3.15. The lowest BCUT2D eigenvalue weighted by atomic mass is 9.95. The van der Waals surface area contributed by atoms with Crippen molar-refractivity contribution in [2.75, 3.05) is 6.54 Å². The topological polar surface area (TPSA) is 86.3 Å². The molecule has 0 saturated carbocycles. The molecule has 0 heterocycles. The van der Waals surface area contributed by atoms with Crippen molar-refractivity contribution in [3.63, 3.8) is 0 Å². The molecule has 0 aliphatic heterocycles. The molecule has 5 nitrogen and oxygen atoms in total. The smallest absolute Gasteiger partial charge is 0.251 e. The van der Waals surface area contributed by atoms with E-state index >= 15 is 0 Å². The molecular weight excluding hydrogens is 282 g/mol. The van der Waals surface area contributed by atoms with E-state index in [1.807, 2.05) is 0 Å². The van der Waals surface area contributed by atoms with Gasteiger partial charge in [0.2, 0.25) is 0 Å². The zero-order chi connectivity index (χ0) is 15.9. The number of carbonyl (C=O) groups is 3. The van der Waals surface area contributed by atoms with Crippen molar-refractivity contribution in [2.45, 2.75) is 5.92 Å². The number of carboxylic acid groups (broad SMARTS) is 1. The van der Waals surface area contributed by atoms with Gasteiger partial charge in [0, 0.05) is 5.56 Å². The van der Waals surface area contributed by atoms with Gasteiger partial charge < -0.3 is 15.2 Å². The van der Waals surface area contributed by atoms with E-state index in [1.165, 1.54) is 12.1 Å². The zero-order valence-electron chi connectivity index (χ0n) is 11.7. The summed E-state index contributed by atoms with van der Waals surface area (Å²) in [5.74, 6) is -3.93. The van der Waals surface area contributed by atoms with E-state index in [0.29, 0.717) is 11.1 Å². The third-order valence-corrected chi connectivity index (χ3v) is 3.15. The maximum Gasteiger partial charge on any atom is 0.251 e. The second-order valence-electron chi connectivity index (χ2n) is 4.68. The van der Waals surface area contributed by atoms with Gasteiger partial charge in [-0.05, 0) is 17.7 Å². The molecule has 5 heteroatoms. The normalized spacial score (nSPS) is 11.5. The van der Waals surface area contributed by atoms with Gasteiger partial charge in [-0.15, -0.1) is 0 Å². The summed E-state index contributed by atoms with van der Waals surface area (Å²) >= 11 is 0.